The van der Waals surface area contributed by atoms with E-state index in [1.54, 1.807) is 5.38 Å². The number of carbonyl (C=O) groups is 2. The largest absolute Gasteiger partial charge is 0.445 e. The first kappa shape index (κ1) is 19.3. The van der Waals surface area contributed by atoms with E-state index in [4.69, 9.17) is 8.92 Å². The fraction of sp³-hybridized carbons (Fsp3) is 0.500. The third-order valence-corrected chi connectivity index (χ3v) is 4.87. The summed E-state index contributed by atoms with van der Waals surface area (Å²) in [5.74, 6) is 0. The predicted octanol–water partition coefficient (Wildman–Crippen LogP) is 0.803. The van der Waals surface area contributed by atoms with Gasteiger partial charge in [-0.3, -0.25) is 13.9 Å². The van der Waals surface area contributed by atoms with Crippen LogP contribution >= 0.6 is 11.3 Å². The van der Waals surface area contributed by atoms with Gasteiger partial charge in [0.25, 0.3) is 10.1 Å². The Morgan fingerprint density at radius 1 is 1.60 bits per heavy atom. The molecule has 0 spiro atoms. The highest BCUT2D eigenvalue weighted by atomic mass is 32.2. The van der Waals surface area contributed by atoms with Gasteiger partial charge in [-0.25, -0.2) is 9.78 Å². The van der Waals surface area contributed by atoms with Gasteiger partial charge in [0.2, 0.25) is 6.41 Å². The molecule has 2 amide bonds. The second kappa shape index (κ2) is 8.41. The van der Waals surface area contributed by atoms with Crippen LogP contribution in [0.2, 0.25) is 0 Å². The molecule has 2 heterocycles. The highest BCUT2D eigenvalue weighted by molar-refractivity contribution is 7.86. The Kier molecular flexibility index (Phi) is 6.51. The second-order valence-electron chi connectivity index (χ2n) is 5.36. The van der Waals surface area contributed by atoms with Gasteiger partial charge in [-0.05, 0) is 0 Å². The summed E-state index contributed by atoms with van der Waals surface area (Å²) in [5.41, 5.74) is 0.600. The third kappa shape index (κ3) is 5.51. The van der Waals surface area contributed by atoms with Crippen molar-refractivity contribution in [1.29, 1.82) is 0 Å². The number of likely N-dealkylation sites (tertiary alicyclic amines) is 1. The molecule has 0 radical (unpaired) electrons. The van der Waals surface area contributed by atoms with Gasteiger partial charge in [-0.15, -0.1) is 11.3 Å². The van der Waals surface area contributed by atoms with E-state index in [1.165, 1.54) is 22.3 Å². The zero-order chi connectivity index (χ0) is 18.4. The average Bonchev–Trinajstić information content (AvgIpc) is 3.15. The number of nitrogens with zero attached hydrogens (tertiary/aromatic N) is 2. The van der Waals surface area contributed by atoms with Crippen LogP contribution in [0.4, 0.5) is 4.79 Å². The number of hydrogen-bond acceptors (Lipinski definition) is 8. The Balaban J connectivity index is 2.17. The zero-order valence-corrected chi connectivity index (χ0v) is 15.2. The van der Waals surface area contributed by atoms with E-state index in [9.17, 15) is 18.0 Å². The number of rotatable bonds is 8. The van der Waals surface area contributed by atoms with E-state index >= 15 is 0 Å². The zero-order valence-electron chi connectivity index (χ0n) is 13.6. The molecule has 0 bridgehead atoms. The fourth-order valence-corrected chi connectivity index (χ4v) is 3.92. The molecule has 2 atom stereocenters. The van der Waals surface area contributed by atoms with Crippen LogP contribution in [0.3, 0.4) is 0 Å². The molecule has 1 aromatic rings. The lowest BCUT2D eigenvalue weighted by atomic mass is 10.1. The minimum atomic E-state index is -3.65. The molecule has 1 saturated heterocycles. The van der Waals surface area contributed by atoms with E-state index in [0.717, 1.165) is 6.26 Å². The molecule has 1 aliphatic rings. The molecule has 1 aliphatic heterocycles. The van der Waals surface area contributed by atoms with Crippen LogP contribution in [-0.4, -0.2) is 56.3 Å². The molecule has 25 heavy (non-hydrogen) atoms. The molecular weight excluding hydrogens is 370 g/mol. The van der Waals surface area contributed by atoms with Gasteiger partial charge in [0.05, 0.1) is 37.2 Å². The summed E-state index contributed by atoms with van der Waals surface area (Å²) in [6, 6.07) is -0.467. The van der Waals surface area contributed by atoms with E-state index in [2.05, 4.69) is 16.9 Å². The van der Waals surface area contributed by atoms with Crippen LogP contribution in [0.15, 0.2) is 18.0 Å². The summed E-state index contributed by atoms with van der Waals surface area (Å²) >= 11 is 1.34. The number of hydrogen-bond donors (Lipinski definition) is 1. The number of carbonyl (C=O) groups excluding carboxylic acids is 2. The lowest BCUT2D eigenvalue weighted by molar-refractivity contribution is -0.109. The lowest BCUT2D eigenvalue weighted by Gasteiger charge is -2.22. The maximum absolute atomic E-state index is 12.2. The molecule has 1 aromatic heterocycles. The van der Waals surface area contributed by atoms with Gasteiger partial charge in [0, 0.05) is 11.8 Å². The summed E-state index contributed by atoms with van der Waals surface area (Å²) in [7, 11) is -3.65. The number of amides is 2. The van der Waals surface area contributed by atoms with Crippen molar-refractivity contribution in [1.82, 2.24) is 15.2 Å². The summed E-state index contributed by atoms with van der Waals surface area (Å²) in [6.45, 7) is 3.89. The highest BCUT2D eigenvalue weighted by Gasteiger charge is 2.40. The Hall–Kier alpha value is -1.98. The smallest absolute Gasteiger partial charge is 0.410 e. The van der Waals surface area contributed by atoms with Gasteiger partial charge < -0.3 is 10.1 Å². The lowest BCUT2D eigenvalue weighted by Crippen LogP contribution is -2.33. The molecule has 138 valence electrons. The van der Waals surface area contributed by atoms with Crippen LogP contribution in [0.25, 0.3) is 0 Å². The van der Waals surface area contributed by atoms with Gasteiger partial charge in [0.15, 0.2) is 0 Å². The van der Waals surface area contributed by atoms with Crippen LogP contribution in [0.1, 0.15) is 23.2 Å². The van der Waals surface area contributed by atoms with Crippen LogP contribution in [0.5, 0.6) is 0 Å². The molecule has 0 unspecified atom stereocenters. The van der Waals surface area contributed by atoms with Crippen molar-refractivity contribution in [3.05, 3.63) is 28.7 Å². The minimum Gasteiger partial charge on any atom is -0.445 e. The first-order valence-electron chi connectivity index (χ1n) is 7.38. The quantitative estimate of drug-likeness (QED) is 0.397. The normalized spacial score (nSPS) is 20.3. The summed E-state index contributed by atoms with van der Waals surface area (Å²) in [4.78, 5) is 28.4. The molecule has 11 heteroatoms. The summed E-state index contributed by atoms with van der Waals surface area (Å²) < 4.78 is 32.8. The highest BCUT2D eigenvalue weighted by Crippen LogP contribution is 2.35. The van der Waals surface area contributed by atoms with Crippen molar-refractivity contribution in [3.8, 4) is 0 Å². The predicted molar refractivity (Wildman–Crippen MR) is 90.3 cm³/mol. The van der Waals surface area contributed by atoms with Crippen LogP contribution in [0, 0.1) is 0 Å². The van der Waals surface area contributed by atoms with Crippen molar-refractivity contribution >= 4 is 34.0 Å². The van der Waals surface area contributed by atoms with Gasteiger partial charge >= 0.3 is 6.09 Å². The molecular formula is C14H19N3O6S2. The first-order valence-corrected chi connectivity index (χ1v) is 10.1. The maximum atomic E-state index is 12.2. The van der Waals surface area contributed by atoms with Gasteiger partial charge in [0.1, 0.15) is 11.6 Å². The number of ether oxygens (including phenoxy) is 1. The number of thiazole rings is 1. The van der Waals surface area contributed by atoms with E-state index < -0.39 is 28.4 Å². The summed E-state index contributed by atoms with van der Waals surface area (Å²) in [5, 5.41) is 4.96. The molecule has 0 aliphatic carbocycles. The summed E-state index contributed by atoms with van der Waals surface area (Å²) in [6.07, 6.45) is 2.00. The molecule has 2 rings (SSSR count). The topological polar surface area (TPSA) is 115 Å². The molecule has 0 saturated carbocycles. The molecule has 1 N–H and O–H groups in total. The number of aromatic nitrogens is 1. The Morgan fingerprint density at radius 2 is 2.36 bits per heavy atom. The van der Waals surface area contributed by atoms with E-state index in [0.29, 0.717) is 17.1 Å². The van der Waals surface area contributed by atoms with E-state index in [1.807, 2.05) is 0 Å². The molecule has 0 aromatic carbocycles. The van der Waals surface area contributed by atoms with Crippen molar-refractivity contribution in [2.24, 2.45) is 0 Å². The van der Waals surface area contributed by atoms with Crippen molar-refractivity contribution in [2.75, 3.05) is 19.4 Å². The SMILES string of the molecule is C=CCOC(=O)N1C[C@H](OS(C)(=O)=O)C[C@H]1c1csc(CNC=O)n1. The van der Waals surface area contributed by atoms with Crippen molar-refractivity contribution in [3.63, 3.8) is 0 Å². The van der Waals surface area contributed by atoms with Gasteiger partial charge in [-0.1, -0.05) is 12.7 Å². The molecule has 1 fully saturated rings. The second-order valence-corrected chi connectivity index (χ2v) is 7.90. The van der Waals surface area contributed by atoms with Crippen molar-refractivity contribution in [2.45, 2.75) is 25.1 Å². The average molecular weight is 389 g/mol. The maximum Gasteiger partial charge on any atom is 0.410 e. The standard InChI is InChI=1S/C14H19N3O6S2/c1-3-4-22-14(19)17-7-10(23-25(2,20)21)5-12(17)11-8-24-13(16-11)6-15-9-18/h3,8-10,12H,1,4-7H2,2H3,(H,15,18)/t10-,12+/m1/s1. The monoisotopic (exact) mass is 389 g/mol. The van der Waals surface area contributed by atoms with Crippen LogP contribution in [-0.2, 0) is 30.4 Å². The Morgan fingerprint density at radius 3 is 3.00 bits per heavy atom. The Labute approximate surface area is 149 Å². The van der Waals surface area contributed by atoms with Gasteiger partial charge in [-0.2, -0.15) is 8.42 Å². The molecule has 9 nitrogen and oxygen atoms in total. The van der Waals surface area contributed by atoms with Crippen LogP contribution < -0.4 is 5.32 Å². The Bertz CT molecular complexity index is 733. The number of nitrogens with one attached hydrogen (secondary N) is 1. The van der Waals surface area contributed by atoms with Crippen molar-refractivity contribution < 1.29 is 26.9 Å². The van der Waals surface area contributed by atoms with E-state index in [-0.39, 0.29) is 26.1 Å². The first-order chi connectivity index (χ1) is 11.8. The third-order valence-electron chi connectivity index (χ3n) is 3.38. The minimum absolute atomic E-state index is 0.0468. The fourth-order valence-electron chi connectivity index (χ4n) is 2.50.